The molecule has 1 aromatic rings. The standard InChI is InChI=1S/C12H19N3/c13-11-5-6-12(14-9-11)10-15-7-3-1-2-4-8-15/h5-6,9H,1-4,7-8,10,13H2. The third-order valence-corrected chi connectivity index (χ3v) is 2.93. The molecule has 0 amide bonds. The van der Waals surface area contributed by atoms with Crippen LogP contribution in [0.5, 0.6) is 0 Å². The van der Waals surface area contributed by atoms with Gasteiger partial charge < -0.3 is 5.73 Å². The predicted octanol–water partition coefficient (Wildman–Crippen LogP) is 2.04. The molecule has 2 rings (SSSR count). The Hall–Kier alpha value is -1.09. The minimum Gasteiger partial charge on any atom is -0.397 e. The Kier molecular flexibility index (Phi) is 3.56. The molecule has 1 aliphatic rings. The summed E-state index contributed by atoms with van der Waals surface area (Å²) in [5, 5.41) is 0. The van der Waals surface area contributed by atoms with Crippen LogP contribution >= 0.6 is 0 Å². The monoisotopic (exact) mass is 205 g/mol. The minimum atomic E-state index is 0.745. The quantitative estimate of drug-likeness (QED) is 0.803. The first kappa shape index (κ1) is 10.4. The number of hydrogen-bond acceptors (Lipinski definition) is 3. The highest BCUT2D eigenvalue weighted by molar-refractivity contribution is 5.34. The van der Waals surface area contributed by atoms with Crippen molar-refractivity contribution in [3.63, 3.8) is 0 Å². The number of hydrogen-bond donors (Lipinski definition) is 1. The Morgan fingerprint density at radius 2 is 1.87 bits per heavy atom. The highest BCUT2D eigenvalue weighted by Gasteiger charge is 2.09. The second-order valence-corrected chi connectivity index (χ2v) is 4.27. The first-order chi connectivity index (χ1) is 7.34. The van der Waals surface area contributed by atoms with Crippen LogP contribution in [-0.4, -0.2) is 23.0 Å². The summed E-state index contributed by atoms with van der Waals surface area (Å²) in [5.74, 6) is 0. The van der Waals surface area contributed by atoms with Crippen molar-refractivity contribution in [3.05, 3.63) is 24.0 Å². The van der Waals surface area contributed by atoms with Crippen molar-refractivity contribution in [1.29, 1.82) is 0 Å². The Morgan fingerprint density at radius 3 is 2.47 bits per heavy atom. The van der Waals surface area contributed by atoms with Gasteiger partial charge in [-0.3, -0.25) is 9.88 Å². The number of nitrogen functional groups attached to an aromatic ring is 1. The van der Waals surface area contributed by atoms with E-state index in [1.165, 1.54) is 38.8 Å². The lowest BCUT2D eigenvalue weighted by Gasteiger charge is -2.18. The van der Waals surface area contributed by atoms with E-state index in [0.29, 0.717) is 0 Å². The third-order valence-electron chi connectivity index (χ3n) is 2.93. The van der Waals surface area contributed by atoms with E-state index < -0.39 is 0 Å². The molecule has 82 valence electrons. The molecule has 3 heteroatoms. The Balaban J connectivity index is 1.92. The maximum Gasteiger partial charge on any atom is 0.0545 e. The molecule has 0 bridgehead atoms. The van der Waals surface area contributed by atoms with Crippen molar-refractivity contribution < 1.29 is 0 Å². The minimum absolute atomic E-state index is 0.745. The van der Waals surface area contributed by atoms with Crippen LogP contribution in [0.2, 0.25) is 0 Å². The smallest absolute Gasteiger partial charge is 0.0545 e. The van der Waals surface area contributed by atoms with Crippen molar-refractivity contribution >= 4 is 5.69 Å². The zero-order valence-electron chi connectivity index (χ0n) is 9.15. The Labute approximate surface area is 91.3 Å². The van der Waals surface area contributed by atoms with Crippen LogP contribution in [0.1, 0.15) is 31.4 Å². The van der Waals surface area contributed by atoms with Crippen LogP contribution < -0.4 is 5.73 Å². The average molecular weight is 205 g/mol. The average Bonchev–Trinajstić information content (AvgIpc) is 2.50. The first-order valence-electron chi connectivity index (χ1n) is 5.77. The van der Waals surface area contributed by atoms with Crippen LogP contribution in [0.3, 0.4) is 0 Å². The van der Waals surface area contributed by atoms with E-state index in [2.05, 4.69) is 9.88 Å². The van der Waals surface area contributed by atoms with Gasteiger partial charge in [0.15, 0.2) is 0 Å². The topological polar surface area (TPSA) is 42.1 Å². The van der Waals surface area contributed by atoms with E-state index in [9.17, 15) is 0 Å². The van der Waals surface area contributed by atoms with E-state index in [-0.39, 0.29) is 0 Å². The van der Waals surface area contributed by atoms with Gasteiger partial charge in [0.1, 0.15) is 0 Å². The number of rotatable bonds is 2. The van der Waals surface area contributed by atoms with Gasteiger partial charge in [-0.1, -0.05) is 12.8 Å². The summed E-state index contributed by atoms with van der Waals surface area (Å²) in [4.78, 5) is 6.83. The number of anilines is 1. The number of nitrogens with zero attached hydrogens (tertiary/aromatic N) is 2. The maximum absolute atomic E-state index is 5.61. The highest BCUT2D eigenvalue weighted by atomic mass is 15.1. The van der Waals surface area contributed by atoms with Gasteiger partial charge in [0.2, 0.25) is 0 Å². The lowest BCUT2D eigenvalue weighted by molar-refractivity contribution is 0.274. The first-order valence-corrected chi connectivity index (χ1v) is 5.77. The highest BCUT2D eigenvalue weighted by Crippen LogP contribution is 2.12. The molecule has 1 aliphatic heterocycles. The van der Waals surface area contributed by atoms with E-state index >= 15 is 0 Å². The number of pyridine rings is 1. The molecule has 1 saturated heterocycles. The fourth-order valence-corrected chi connectivity index (χ4v) is 2.05. The maximum atomic E-state index is 5.61. The van der Waals surface area contributed by atoms with E-state index in [1.807, 2.05) is 12.1 Å². The fraction of sp³-hybridized carbons (Fsp3) is 0.583. The molecule has 0 saturated carbocycles. The molecule has 0 aromatic carbocycles. The summed E-state index contributed by atoms with van der Waals surface area (Å²) in [6.45, 7) is 3.40. The van der Waals surface area contributed by atoms with Gasteiger partial charge in [-0.2, -0.15) is 0 Å². The van der Waals surface area contributed by atoms with Crippen LogP contribution in [-0.2, 0) is 6.54 Å². The molecule has 15 heavy (non-hydrogen) atoms. The van der Waals surface area contributed by atoms with Gasteiger partial charge in [-0.05, 0) is 38.1 Å². The predicted molar refractivity (Wildman–Crippen MR) is 62.4 cm³/mol. The van der Waals surface area contributed by atoms with Crippen molar-refractivity contribution in [2.75, 3.05) is 18.8 Å². The largest absolute Gasteiger partial charge is 0.397 e. The molecule has 2 heterocycles. The summed E-state index contributed by atoms with van der Waals surface area (Å²) in [5.41, 5.74) is 7.48. The molecule has 3 nitrogen and oxygen atoms in total. The SMILES string of the molecule is Nc1ccc(CN2CCCCCC2)nc1. The van der Waals surface area contributed by atoms with Gasteiger partial charge in [-0.25, -0.2) is 0 Å². The molecule has 1 aromatic heterocycles. The molecule has 0 unspecified atom stereocenters. The van der Waals surface area contributed by atoms with Crippen molar-refractivity contribution in [1.82, 2.24) is 9.88 Å². The molecule has 1 fully saturated rings. The van der Waals surface area contributed by atoms with Crippen LogP contribution in [0.4, 0.5) is 5.69 Å². The van der Waals surface area contributed by atoms with Gasteiger partial charge in [-0.15, -0.1) is 0 Å². The second kappa shape index (κ2) is 5.12. The third kappa shape index (κ3) is 3.20. The number of nitrogens with two attached hydrogens (primary N) is 1. The molecule has 2 N–H and O–H groups in total. The lowest BCUT2D eigenvalue weighted by Crippen LogP contribution is -2.24. The molecule has 0 radical (unpaired) electrons. The van der Waals surface area contributed by atoms with Gasteiger partial charge in [0, 0.05) is 6.54 Å². The molecule has 0 spiro atoms. The van der Waals surface area contributed by atoms with Crippen LogP contribution in [0.25, 0.3) is 0 Å². The fourth-order valence-electron chi connectivity index (χ4n) is 2.05. The summed E-state index contributed by atoms with van der Waals surface area (Å²) in [7, 11) is 0. The Morgan fingerprint density at radius 1 is 1.13 bits per heavy atom. The molecule has 0 atom stereocenters. The van der Waals surface area contributed by atoms with Crippen molar-refractivity contribution in [3.8, 4) is 0 Å². The second-order valence-electron chi connectivity index (χ2n) is 4.27. The zero-order chi connectivity index (χ0) is 10.5. The molecule has 0 aliphatic carbocycles. The number of aromatic nitrogens is 1. The van der Waals surface area contributed by atoms with Gasteiger partial charge in [0.05, 0.1) is 17.6 Å². The Bertz CT molecular complexity index is 286. The summed E-state index contributed by atoms with van der Waals surface area (Å²) in [6, 6.07) is 3.96. The zero-order valence-corrected chi connectivity index (χ0v) is 9.15. The van der Waals surface area contributed by atoms with Crippen molar-refractivity contribution in [2.45, 2.75) is 32.2 Å². The summed E-state index contributed by atoms with van der Waals surface area (Å²) >= 11 is 0. The summed E-state index contributed by atoms with van der Waals surface area (Å²) in [6.07, 6.45) is 7.16. The van der Waals surface area contributed by atoms with Gasteiger partial charge >= 0.3 is 0 Å². The van der Waals surface area contributed by atoms with E-state index in [0.717, 1.165) is 17.9 Å². The van der Waals surface area contributed by atoms with Crippen LogP contribution in [0.15, 0.2) is 18.3 Å². The normalized spacial score (nSPS) is 18.7. The molecular formula is C12H19N3. The molecular weight excluding hydrogens is 186 g/mol. The number of likely N-dealkylation sites (tertiary alicyclic amines) is 1. The van der Waals surface area contributed by atoms with E-state index in [1.54, 1.807) is 6.20 Å². The lowest BCUT2D eigenvalue weighted by atomic mass is 10.2. The van der Waals surface area contributed by atoms with Crippen molar-refractivity contribution in [2.24, 2.45) is 0 Å². The summed E-state index contributed by atoms with van der Waals surface area (Å²) < 4.78 is 0. The van der Waals surface area contributed by atoms with E-state index in [4.69, 9.17) is 5.73 Å². The van der Waals surface area contributed by atoms with Gasteiger partial charge in [0.25, 0.3) is 0 Å². The van der Waals surface area contributed by atoms with Crippen LogP contribution in [0, 0.1) is 0 Å².